The van der Waals surface area contributed by atoms with Gasteiger partial charge in [0, 0.05) is 42.2 Å². The molecule has 2 N–H and O–H groups in total. The number of pyridine rings is 1. The minimum Gasteiger partial charge on any atom is -0.337 e. The number of nitrogens with one attached hydrogen (secondary N) is 2. The van der Waals surface area contributed by atoms with Crippen LogP contribution in [0.3, 0.4) is 0 Å². The van der Waals surface area contributed by atoms with Crippen LogP contribution in [0.5, 0.6) is 0 Å². The van der Waals surface area contributed by atoms with Gasteiger partial charge in [0.1, 0.15) is 9.23 Å². The topological polar surface area (TPSA) is 94.6 Å². The highest BCUT2D eigenvalue weighted by atomic mass is 35.5. The zero-order valence-corrected chi connectivity index (χ0v) is 22.3. The van der Waals surface area contributed by atoms with Crippen molar-refractivity contribution in [3.05, 3.63) is 38.3 Å². The average Bonchev–Trinajstić information content (AvgIpc) is 3.50. The molecule has 2 aromatic rings. The standard InChI is InChI=1S/C22H29Cl2N5O3S2/c1-14-11-16(12-15(2)26-14)27-22(30)25-7-10-28-8-5-18(6-9-28)29(17-3-4-17)34(31,32)19-13-20(23)33-21(19)24/h11-13,17-18H,3-10H2,1-2H3,(H2,25,26,27,30). The molecule has 0 radical (unpaired) electrons. The smallest absolute Gasteiger partial charge is 0.319 e. The predicted molar refractivity (Wildman–Crippen MR) is 137 cm³/mol. The molecule has 1 saturated carbocycles. The molecule has 4 rings (SSSR count). The minimum atomic E-state index is -3.69. The van der Waals surface area contributed by atoms with Crippen LogP contribution in [0.1, 0.15) is 37.1 Å². The largest absolute Gasteiger partial charge is 0.337 e. The third-order valence-electron chi connectivity index (χ3n) is 6.06. The van der Waals surface area contributed by atoms with Gasteiger partial charge in [-0.15, -0.1) is 11.3 Å². The number of rotatable bonds is 8. The lowest BCUT2D eigenvalue weighted by atomic mass is 10.0. The van der Waals surface area contributed by atoms with Crippen molar-refractivity contribution in [2.45, 2.75) is 56.5 Å². The van der Waals surface area contributed by atoms with E-state index in [1.807, 2.05) is 26.0 Å². The van der Waals surface area contributed by atoms with Gasteiger partial charge in [0.05, 0.1) is 4.34 Å². The van der Waals surface area contributed by atoms with Crippen LogP contribution in [-0.2, 0) is 10.0 Å². The number of carbonyl (C=O) groups excluding carboxylic acids is 1. The maximum atomic E-state index is 13.4. The van der Waals surface area contributed by atoms with Crippen LogP contribution >= 0.6 is 34.5 Å². The number of piperidine rings is 1. The van der Waals surface area contributed by atoms with Crippen LogP contribution in [-0.4, -0.2) is 66.9 Å². The van der Waals surface area contributed by atoms with Crippen molar-refractivity contribution in [1.82, 2.24) is 19.5 Å². The molecule has 3 heterocycles. The first kappa shape index (κ1) is 25.7. The Bertz CT molecular complexity index is 1130. The van der Waals surface area contributed by atoms with Gasteiger partial charge in [-0.1, -0.05) is 23.2 Å². The number of hydrogen-bond donors (Lipinski definition) is 2. The number of urea groups is 1. The Balaban J connectivity index is 1.27. The summed E-state index contributed by atoms with van der Waals surface area (Å²) in [4.78, 5) is 18.9. The summed E-state index contributed by atoms with van der Waals surface area (Å²) in [6.45, 7) is 6.53. The van der Waals surface area contributed by atoms with Crippen molar-refractivity contribution in [3.63, 3.8) is 0 Å². The highest BCUT2D eigenvalue weighted by Gasteiger charge is 2.44. The molecule has 2 amide bonds. The highest BCUT2D eigenvalue weighted by molar-refractivity contribution is 7.89. The zero-order valence-electron chi connectivity index (χ0n) is 19.2. The maximum Gasteiger partial charge on any atom is 0.319 e. The molecule has 8 nitrogen and oxygen atoms in total. The number of hydrogen-bond acceptors (Lipinski definition) is 6. The lowest BCUT2D eigenvalue weighted by molar-refractivity contribution is 0.156. The van der Waals surface area contributed by atoms with Gasteiger partial charge >= 0.3 is 6.03 Å². The summed E-state index contributed by atoms with van der Waals surface area (Å²) >= 11 is 13.3. The maximum absolute atomic E-state index is 13.4. The number of aryl methyl sites for hydroxylation is 2. The molecular formula is C22H29Cl2N5O3S2. The molecule has 0 aromatic carbocycles. The lowest BCUT2D eigenvalue weighted by Gasteiger charge is -2.38. The van der Waals surface area contributed by atoms with Crippen LogP contribution in [0.4, 0.5) is 10.5 Å². The van der Waals surface area contributed by atoms with E-state index in [0.717, 1.165) is 67.2 Å². The van der Waals surface area contributed by atoms with Gasteiger partial charge in [-0.3, -0.25) is 4.98 Å². The van der Waals surface area contributed by atoms with Crippen molar-refractivity contribution in [1.29, 1.82) is 0 Å². The van der Waals surface area contributed by atoms with Gasteiger partial charge in [-0.25, -0.2) is 13.2 Å². The highest BCUT2D eigenvalue weighted by Crippen LogP contribution is 2.41. The number of aromatic nitrogens is 1. The monoisotopic (exact) mass is 545 g/mol. The molecule has 2 aliphatic rings. The summed E-state index contributed by atoms with van der Waals surface area (Å²) in [5, 5.41) is 5.73. The molecule has 1 saturated heterocycles. The van der Waals surface area contributed by atoms with E-state index in [2.05, 4.69) is 20.5 Å². The molecule has 2 aromatic heterocycles. The van der Waals surface area contributed by atoms with Crippen molar-refractivity contribution in [2.75, 3.05) is 31.5 Å². The van der Waals surface area contributed by atoms with Crippen LogP contribution < -0.4 is 10.6 Å². The SMILES string of the molecule is Cc1cc(NC(=O)NCCN2CCC(N(C3CC3)S(=O)(=O)c3cc(Cl)sc3Cl)CC2)cc(C)n1. The molecule has 2 fully saturated rings. The predicted octanol–water partition coefficient (Wildman–Crippen LogP) is 4.51. The Kier molecular flexibility index (Phi) is 8.06. The van der Waals surface area contributed by atoms with E-state index < -0.39 is 10.0 Å². The fraction of sp³-hybridized carbons (Fsp3) is 0.545. The molecule has 0 spiro atoms. The number of sulfonamides is 1. The van der Waals surface area contributed by atoms with Crippen molar-refractivity contribution < 1.29 is 13.2 Å². The summed E-state index contributed by atoms with van der Waals surface area (Å²) in [7, 11) is -3.69. The number of amides is 2. The quantitative estimate of drug-likeness (QED) is 0.509. The first-order chi connectivity index (χ1) is 16.1. The second-order valence-electron chi connectivity index (χ2n) is 8.85. The van der Waals surface area contributed by atoms with Crippen LogP contribution in [0.15, 0.2) is 23.1 Å². The summed E-state index contributed by atoms with van der Waals surface area (Å²) in [5.41, 5.74) is 2.42. The summed E-state index contributed by atoms with van der Waals surface area (Å²) in [5.74, 6) is 0. The second-order valence-corrected chi connectivity index (χ2v) is 12.9. The number of halogens is 2. The molecule has 0 atom stereocenters. The van der Waals surface area contributed by atoms with Gasteiger partial charge in [0.2, 0.25) is 10.0 Å². The van der Waals surface area contributed by atoms with Gasteiger partial charge in [-0.05, 0) is 70.8 Å². The third kappa shape index (κ3) is 6.22. The molecule has 1 aliphatic carbocycles. The third-order valence-corrected chi connectivity index (χ3v) is 9.82. The van der Waals surface area contributed by atoms with Crippen LogP contribution in [0.2, 0.25) is 8.67 Å². The van der Waals surface area contributed by atoms with E-state index in [9.17, 15) is 13.2 Å². The van der Waals surface area contributed by atoms with Crippen molar-refractivity contribution in [3.8, 4) is 0 Å². The van der Waals surface area contributed by atoms with E-state index in [1.54, 1.807) is 4.31 Å². The van der Waals surface area contributed by atoms with Crippen molar-refractivity contribution in [2.24, 2.45) is 0 Å². The summed E-state index contributed by atoms with van der Waals surface area (Å²) in [6.07, 6.45) is 3.24. The molecular weight excluding hydrogens is 517 g/mol. The number of anilines is 1. The fourth-order valence-electron chi connectivity index (χ4n) is 4.44. The average molecular weight is 547 g/mol. The first-order valence-electron chi connectivity index (χ1n) is 11.3. The van der Waals surface area contributed by atoms with E-state index in [1.165, 1.54) is 6.07 Å². The number of carbonyl (C=O) groups is 1. The second kappa shape index (κ2) is 10.7. The minimum absolute atomic E-state index is 0.0436. The Hall–Kier alpha value is -1.43. The van der Waals surface area contributed by atoms with Gasteiger partial charge in [-0.2, -0.15) is 4.31 Å². The van der Waals surface area contributed by atoms with Crippen LogP contribution in [0, 0.1) is 13.8 Å². The summed E-state index contributed by atoms with van der Waals surface area (Å²) < 4.78 is 29.0. The Morgan fingerprint density at radius 2 is 1.74 bits per heavy atom. The molecule has 1 aliphatic heterocycles. The van der Waals surface area contributed by atoms with Gasteiger partial charge in [0.15, 0.2) is 0 Å². The summed E-state index contributed by atoms with van der Waals surface area (Å²) in [6, 6.07) is 4.85. The fourth-order valence-corrected chi connectivity index (χ4v) is 8.49. The zero-order chi connectivity index (χ0) is 24.5. The van der Waals surface area contributed by atoms with E-state index >= 15 is 0 Å². The normalized spacial score (nSPS) is 17.8. The van der Waals surface area contributed by atoms with Gasteiger partial charge in [0.25, 0.3) is 0 Å². The molecule has 0 unspecified atom stereocenters. The van der Waals surface area contributed by atoms with E-state index in [-0.39, 0.29) is 27.3 Å². The van der Waals surface area contributed by atoms with Crippen LogP contribution in [0.25, 0.3) is 0 Å². The first-order valence-corrected chi connectivity index (χ1v) is 14.4. The molecule has 0 bridgehead atoms. The Morgan fingerprint density at radius 3 is 2.29 bits per heavy atom. The lowest BCUT2D eigenvalue weighted by Crippen LogP contribution is -2.49. The number of nitrogens with zero attached hydrogens (tertiary/aromatic N) is 3. The number of likely N-dealkylation sites (tertiary alicyclic amines) is 1. The molecule has 34 heavy (non-hydrogen) atoms. The van der Waals surface area contributed by atoms with E-state index in [4.69, 9.17) is 23.2 Å². The molecule has 186 valence electrons. The van der Waals surface area contributed by atoms with Gasteiger partial charge < -0.3 is 15.5 Å². The van der Waals surface area contributed by atoms with E-state index in [0.29, 0.717) is 17.4 Å². The van der Waals surface area contributed by atoms with Crippen molar-refractivity contribution >= 4 is 56.3 Å². The molecule has 12 heteroatoms. The Morgan fingerprint density at radius 1 is 1.12 bits per heavy atom. The number of thiophene rings is 1. The Labute approximate surface area is 214 Å².